The molecule has 12 rings (SSSR count). The minimum atomic E-state index is 0.624. The molecule has 59 heavy (non-hydrogen) atoms. The van der Waals surface area contributed by atoms with Crippen molar-refractivity contribution in [2.45, 2.75) is 0 Å². The summed E-state index contributed by atoms with van der Waals surface area (Å²) in [5.74, 6) is 0.624. The van der Waals surface area contributed by atoms with Crippen LogP contribution >= 0.6 is 0 Å². The molecule has 0 fully saturated rings. The van der Waals surface area contributed by atoms with Crippen molar-refractivity contribution in [1.82, 2.24) is 9.55 Å². The van der Waals surface area contributed by atoms with Crippen LogP contribution in [-0.4, -0.2) is 9.55 Å². The summed E-state index contributed by atoms with van der Waals surface area (Å²) in [6, 6.07) is 75.8. The van der Waals surface area contributed by atoms with Crippen LogP contribution in [0, 0.1) is 0 Å². The van der Waals surface area contributed by atoms with Crippen molar-refractivity contribution in [3.63, 3.8) is 0 Å². The molecule has 2 aromatic heterocycles. The number of benzene rings is 10. The maximum absolute atomic E-state index is 6.68. The van der Waals surface area contributed by atoms with E-state index in [4.69, 9.17) is 9.40 Å². The summed E-state index contributed by atoms with van der Waals surface area (Å²) in [5.41, 5.74) is 11.7. The number of aromatic nitrogens is 2. The molecule has 12 aromatic rings. The lowest BCUT2D eigenvalue weighted by Gasteiger charge is -2.30. The monoisotopic (exact) mass is 753 g/mol. The van der Waals surface area contributed by atoms with Gasteiger partial charge in [-0.1, -0.05) is 146 Å². The van der Waals surface area contributed by atoms with Crippen LogP contribution in [0.25, 0.3) is 93.5 Å². The molecule has 0 unspecified atom stereocenters. The Bertz CT molecular complexity index is 3490. The topological polar surface area (TPSA) is 34.2 Å². The van der Waals surface area contributed by atoms with Gasteiger partial charge in [-0.15, -0.1) is 0 Å². The Kier molecular flexibility index (Phi) is 7.50. The second-order valence-electron chi connectivity index (χ2n) is 15.1. The lowest BCUT2D eigenvalue weighted by molar-refractivity contribution is 0.623. The summed E-state index contributed by atoms with van der Waals surface area (Å²) in [7, 11) is 0. The van der Waals surface area contributed by atoms with E-state index >= 15 is 0 Å². The van der Waals surface area contributed by atoms with E-state index in [0.29, 0.717) is 5.89 Å². The fraction of sp³-hybridized carbons (Fsp3) is 0. The van der Waals surface area contributed by atoms with Crippen molar-refractivity contribution >= 4 is 82.3 Å². The molecule has 0 aliphatic heterocycles. The molecule has 0 atom stereocenters. The molecular formula is C55H35N3O. The van der Waals surface area contributed by atoms with E-state index in [-0.39, 0.29) is 0 Å². The minimum Gasteiger partial charge on any atom is -0.435 e. The SMILES string of the molecule is c1ccc(-c2nc3ccc4ccc5cc(N(c6ccc(-n7c8ccccc8c8ccccc87)cc6)c6ccccc6-c6ccccc6)c6ccccc6c5c4c3o2)cc1. The van der Waals surface area contributed by atoms with E-state index < -0.39 is 0 Å². The Morgan fingerprint density at radius 1 is 0.424 bits per heavy atom. The maximum atomic E-state index is 6.68. The number of hydrogen-bond acceptors (Lipinski definition) is 3. The fourth-order valence-corrected chi connectivity index (χ4v) is 9.15. The average molecular weight is 754 g/mol. The highest BCUT2D eigenvalue weighted by atomic mass is 16.3. The third-order valence-electron chi connectivity index (χ3n) is 11.8. The van der Waals surface area contributed by atoms with Gasteiger partial charge in [0.05, 0.1) is 22.4 Å². The standard InChI is InChI=1S/C55H35N3O/c1-3-15-36(16-4-1)42-19-9-12-24-48(42)58(41-32-30-40(31-33-41)57-49-25-13-10-20-43(49)44-21-11-14-26-50(44)57)51-35-39-28-27-37-29-34-47-54(59-55(56-47)38-17-5-2-6-18-38)53(37)52(39)46-23-8-7-22-45(46)51/h1-35H. The first-order valence-electron chi connectivity index (χ1n) is 20.0. The lowest BCUT2D eigenvalue weighted by Crippen LogP contribution is -2.12. The highest BCUT2D eigenvalue weighted by Crippen LogP contribution is 2.47. The van der Waals surface area contributed by atoms with Gasteiger partial charge in [-0.05, 0) is 88.5 Å². The van der Waals surface area contributed by atoms with Crippen LogP contribution in [0.4, 0.5) is 17.1 Å². The minimum absolute atomic E-state index is 0.624. The number of para-hydroxylation sites is 3. The van der Waals surface area contributed by atoms with Gasteiger partial charge in [0.25, 0.3) is 0 Å². The molecule has 4 nitrogen and oxygen atoms in total. The predicted octanol–water partition coefficient (Wildman–Crippen LogP) is 15.2. The van der Waals surface area contributed by atoms with E-state index in [2.05, 4.69) is 191 Å². The Balaban J connectivity index is 1.11. The Labute approximate surface area is 340 Å². The Morgan fingerprint density at radius 3 is 1.73 bits per heavy atom. The molecule has 0 aliphatic rings. The smallest absolute Gasteiger partial charge is 0.227 e. The number of fused-ring (bicyclic) bond motifs is 10. The van der Waals surface area contributed by atoms with Crippen molar-refractivity contribution < 1.29 is 4.42 Å². The van der Waals surface area contributed by atoms with Crippen molar-refractivity contribution in [2.75, 3.05) is 4.90 Å². The zero-order valence-corrected chi connectivity index (χ0v) is 32.0. The van der Waals surface area contributed by atoms with E-state index in [9.17, 15) is 0 Å². The summed E-state index contributed by atoms with van der Waals surface area (Å²) >= 11 is 0. The highest BCUT2D eigenvalue weighted by molar-refractivity contribution is 6.28. The van der Waals surface area contributed by atoms with Crippen LogP contribution in [-0.2, 0) is 0 Å². The lowest BCUT2D eigenvalue weighted by atomic mass is 9.93. The number of nitrogens with zero attached hydrogens (tertiary/aromatic N) is 3. The fourth-order valence-electron chi connectivity index (χ4n) is 9.15. The molecule has 0 saturated carbocycles. The van der Waals surface area contributed by atoms with Gasteiger partial charge in [0.2, 0.25) is 5.89 Å². The molecule has 4 heteroatoms. The van der Waals surface area contributed by atoms with Gasteiger partial charge in [-0.25, -0.2) is 4.98 Å². The van der Waals surface area contributed by atoms with Crippen LogP contribution < -0.4 is 4.90 Å². The number of anilines is 3. The molecule has 0 spiro atoms. The average Bonchev–Trinajstić information content (AvgIpc) is 3.90. The summed E-state index contributed by atoms with van der Waals surface area (Å²) in [6.45, 7) is 0. The quantitative estimate of drug-likeness (QED) is 0.159. The first kappa shape index (κ1) is 33.2. The molecule has 0 bridgehead atoms. The molecule has 0 radical (unpaired) electrons. The first-order valence-corrected chi connectivity index (χ1v) is 20.0. The van der Waals surface area contributed by atoms with Gasteiger partial charge >= 0.3 is 0 Å². The van der Waals surface area contributed by atoms with E-state index in [0.717, 1.165) is 82.9 Å². The van der Waals surface area contributed by atoms with Gasteiger partial charge in [0.15, 0.2) is 5.58 Å². The number of rotatable bonds is 6. The Hall–Kier alpha value is -7.95. The normalized spacial score (nSPS) is 11.7. The third kappa shape index (κ3) is 5.27. The summed E-state index contributed by atoms with van der Waals surface area (Å²) in [4.78, 5) is 7.40. The second kappa shape index (κ2) is 13.3. The predicted molar refractivity (Wildman–Crippen MR) is 246 cm³/mol. The van der Waals surface area contributed by atoms with Gasteiger partial charge in [0.1, 0.15) is 5.52 Å². The molecule has 0 aliphatic carbocycles. The zero-order valence-electron chi connectivity index (χ0n) is 32.0. The van der Waals surface area contributed by atoms with Crippen LogP contribution in [0.15, 0.2) is 217 Å². The van der Waals surface area contributed by atoms with Crippen LogP contribution in [0.2, 0.25) is 0 Å². The molecule has 0 saturated heterocycles. The van der Waals surface area contributed by atoms with Gasteiger partial charge in [-0.2, -0.15) is 0 Å². The van der Waals surface area contributed by atoms with Gasteiger partial charge < -0.3 is 13.9 Å². The van der Waals surface area contributed by atoms with Crippen molar-refractivity contribution in [3.05, 3.63) is 212 Å². The number of oxazole rings is 1. The van der Waals surface area contributed by atoms with Crippen molar-refractivity contribution in [3.8, 4) is 28.3 Å². The summed E-state index contributed by atoms with van der Waals surface area (Å²) < 4.78 is 9.05. The van der Waals surface area contributed by atoms with Crippen molar-refractivity contribution in [1.29, 1.82) is 0 Å². The first-order chi connectivity index (χ1) is 29.3. The van der Waals surface area contributed by atoms with Crippen LogP contribution in [0.5, 0.6) is 0 Å². The largest absolute Gasteiger partial charge is 0.435 e. The maximum Gasteiger partial charge on any atom is 0.227 e. The second-order valence-corrected chi connectivity index (χ2v) is 15.1. The third-order valence-corrected chi connectivity index (χ3v) is 11.8. The molecule has 0 N–H and O–H groups in total. The molecule has 276 valence electrons. The molecule has 10 aromatic carbocycles. The number of hydrogen-bond donors (Lipinski definition) is 0. The van der Waals surface area contributed by atoms with Gasteiger partial charge in [-0.3, -0.25) is 0 Å². The van der Waals surface area contributed by atoms with Crippen LogP contribution in [0.3, 0.4) is 0 Å². The van der Waals surface area contributed by atoms with Crippen molar-refractivity contribution in [2.24, 2.45) is 0 Å². The highest BCUT2D eigenvalue weighted by Gasteiger charge is 2.23. The Morgan fingerprint density at radius 2 is 1.00 bits per heavy atom. The van der Waals surface area contributed by atoms with E-state index in [1.54, 1.807) is 0 Å². The van der Waals surface area contributed by atoms with E-state index in [1.165, 1.54) is 21.8 Å². The van der Waals surface area contributed by atoms with Gasteiger partial charge in [0, 0.05) is 49.4 Å². The zero-order chi connectivity index (χ0) is 38.9. The summed E-state index contributed by atoms with van der Waals surface area (Å²) in [5, 5.41) is 9.26. The molecule has 0 amide bonds. The molecular weight excluding hydrogens is 719 g/mol. The summed E-state index contributed by atoms with van der Waals surface area (Å²) in [6.07, 6.45) is 0. The molecule has 2 heterocycles. The van der Waals surface area contributed by atoms with Crippen LogP contribution in [0.1, 0.15) is 0 Å². The van der Waals surface area contributed by atoms with E-state index in [1.807, 2.05) is 30.3 Å².